The maximum atomic E-state index is 12.8. The van der Waals surface area contributed by atoms with Crippen LogP contribution in [-0.4, -0.2) is 53.8 Å². The molecule has 3 N–H and O–H groups in total. The summed E-state index contributed by atoms with van der Waals surface area (Å²) in [5, 5.41) is 2.83. The lowest BCUT2D eigenvalue weighted by molar-refractivity contribution is -0.161. The molecule has 5 fully saturated rings. The third kappa shape index (κ3) is 4.03. The Kier molecular flexibility index (Phi) is 4.94. The second kappa shape index (κ2) is 7.06. The van der Waals surface area contributed by atoms with Crippen LogP contribution in [0.15, 0.2) is 0 Å². The van der Waals surface area contributed by atoms with E-state index in [1.54, 1.807) is 4.90 Å². The van der Waals surface area contributed by atoms with Gasteiger partial charge in [-0.25, -0.2) is 9.59 Å². The van der Waals surface area contributed by atoms with Gasteiger partial charge in [-0.1, -0.05) is 0 Å². The molecule has 5 aliphatic rings. The van der Waals surface area contributed by atoms with Gasteiger partial charge in [0.15, 0.2) is 0 Å². The van der Waals surface area contributed by atoms with Gasteiger partial charge in [0.1, 0.15) is 11.7 Å². The number of nitrogens with two attached hydrogens (primary N) is 1. The van der Waals surface area contributed by atoms with E-state index in [2.05, 4.69) is 5.32 Å². The molecule has 6 atom stereocenters. The topological polar surface area (TPSA) is 111 Å². The van der Waals surface area contributed by atoms with Crippen molar-refractivity contribution in [2.45, 2.75) is 77.0 Å². The summed E-state index contributed by atoms with van der Waals surface area (Å²) < 4.78 is 11.2. The number of nitrogens with zero attached hydrogens (tertiary/aromatic N) is 1. The molecule has 4 saturated carbocycles. The Labute approximate surface area is 171 Å². The van der Waals surface area contributed by atoms with E-state index < -0.39 is 11.7 Å². The quantitative estimate of drug-likeness (QED) is 0.746. The zero-order valence-electron chi connectivity index (χ0n) is 17.6. The van der Waals surface area contributed by atoms with Crippen LogP contribution in [0.4, 0.5) is 9.59 Å². The number of nitrogens with one attached hydrogen (secondary N) is 1. The average Bonchev–Trinajstić information content (AvgIpc) is 3.04. The second-order valence-corrected chi connectivity index (χ2v) is 10.5. The third-order valence-electron chi connectivity index (χ3n) is 7.11. The van der Waals surface area contributed by atoms with Crippen LogP contribution in [0.25, 0.3) is 0 Å². The maximum Gasteiger partial charge on any atom is 0.410 e. The van der Waals surface area contributed by atoms with E-state index in [0.717, 1.165) is 32.1 Å². The van der Waals surface area contributed by atoms with Crippen molar-refractivity contribution in [2.24, 2.45) is 28.9 Å². The molecule has 162 valence electrons. The van der Waals surface area contributed by atoms with Crippen molar-refractivity contribution in [3.63, 3.8) is 0 Å². The molecule has 8 nitrogen and oxygen atoms in total. The molecule has 0 aromatic carbocycles. The lowest BCUT2D eigenvalue weighted by atomic mass is 9.48. The zero-order valence-corrected chi connectivity index (χ0v) is 17.6. The first-order chi connectivity index (χ1) is 13.5. The SMILES string of the molecule is CC(C)(C)OC(=O)NC1CCN(C(=O)OC2C3CC4C[C@H]2CC(C(N)=O)(C4)C3)C1. The Morgan fingerprint density at radius 2 is 1.76 bits per heavy atom. The van der Waals surface area contributed by atoms with E-state index in [1.807, 2.05) is 20.8 Å². The smallest absolute Gasteiger partial charge is 0.410 e. The number of rotatable bonds is 3. The molecule has 3 amide bonds. The van der Waals surface area contributed by atoms with E-state index in [1.165, 1.54) is 0 Å². The highest BCUT2D eigenvalue weighted by Crippen LogP contribution is 2.60. The summed E-state index contributed by atoms with van der Waals surface area (Å²) >= 11 is 0. The number of alkyl carbamates (subject to hydrolysis) is 1. The van der Waals surface area contributed by atoms with Crippen molar-refractivity contribution in [2.75, 3.05) is 13.1 Å². The highest BCUT2D eigenvalue weighted by Gasteiger charge is 2.59. The molecule has 0 aromatic heterocycles. The van der Waals surface area contributed by atoms with Gasteiger partial charge in [-0.2, -0.15) is 0 Å². The number of amides is 3. The summed E-state index contributed by atoms with van der Waals surface area (Å²) in [7, 11) is 0. The molecule has 1 aliphatic heterocycles. The summed E-state index contributed by atoms with van der Waals surface area (Å²) in [6, 6.07) is -0.131. The van der Waals surface area contributed by atoms with Crippen LogP contribution in [0.5, 0.6) is 0 Å². The Hall–Kier alpha value is -1.99. The molecule has 0 spiro atoms. The van der Waals surface area contributed by atoms with Crippen molar-refractivity contribution in [1.82, 2.24) is 10.2 Å². The number of carbonyl (C=O) groups excluding carboxylic acids is 3. The summed E-state index contributed by atoms with van der Waals surface area (Å²) in [4.78, 5) is 38.5. The molecule has 1 heterocycles. The number of likely N-dealkylation sites (tertiary alicyclic amines) is 1. The molecule has 5 rings (SSSR count). The lowest BCUT2D eigenvalue weighted by Gasteiger charge is -2.58. The molecular formula is C21H33N3O5. The van der Waals surface area contributed by atoms with Gasteiger partial charge < -0.3 is 25.4 Å². The van der Waals surface area contributed by atoms with Crippen LogP contribution < -0.4 is 11.1 Å². The number of hydrogen-bond acceptors (Lipinski definition) is 5. The number of primary amides is 1. The van der Waals surface area contributed by atoms with E-state index in [0.29, 0.717) is 25.4 Å². The molecule has 5 unspecified atom stereocenters. The predicted octanol–water partition coefficient (Wildman–Crippen LogP) is 2.40. The standard InChI is InChI=1S/C21H33N3O5/c1-20(2,3)29-18(26)23-15-4-5-24(11-15)19(27)28-16-13-6-12-7-14(16)10-21(8-12,9-13)17(22)25/h12-16H,4-11H2,1-3H3,(H2,22,25)(H,23,26)/t12?,13-,14?,15?,16?,21?/m0/s1. The van der Waals surface area contributed by atoms with Gasteiger partial charge >= 0.3 is 12.2 Å². The minimum Gasteiger partial charge on any atom is -0.446 e. The van der Waals surface area contributed by atoms with E-state index >= 15 is 0 Å². The Morgan fingerprint density at radius 3 is 2.34 bits per heavy atom. The Morgan fingerprint density at radius 1 is 1.10 bits per heavy atom. The normalized spacial score (nSPS) is 38.0. The molecule has 0 aromatic rings. The van der Waals surface area contributed by atoms with Gasteiger partial charge in [-0.3, -0.25) is 4.79 Å². The highest BCUT2D eigenvalue weighted by atomic mass is 16.6. The molecule has 0 radical (unpaired) electrons. The lowest BCUT2D eigenvalue weighted by Crippen LogP contribution is -2.59. The fourth-order valence-electron chi connectivity index (χ4n) is 6.18. The van der Waals surface area contributed by atoms with Crippen LogP contribution in [0.2, 0.25) is 0 Å². The first kappa shape index (κ1) is 20.3. The fourth-order valence-corrected chi connectivity index (χ4v) is 6.18. The molecule has 1 saturated heterocycles. The van der Waals surface area contributed by atoms with Gasteiger partial charge in [-0.05, 0) is 77.0 Å². The Balaban J connectivity index is 1.31. The number of carbonyl (C=O) groups is 3. The monoisotopic (exact) mass is 407 g/mol. The summed E-state index contributed by atoms with van der Waals surface area (Å²) in [5.41, 5.74) is 4.80. The predicted molar refractivity (Wildman–Crippen MR) is 105 cm³/mol. The zero-order chi connectivity index (χ0) is 21.0. The van der Waals surface area contributed by atoms with Gasteiger partial charge in [0.25, 0.3) is 0 Å². The van der Waals surface area contributed by atoms with Crippen LogP contribution in [0.1, 0.15) is 59.3 Å². The van der Waals surface area contributed by atoms with Crippen LogP contribution in [0.3, 0.4) is 0 Å². The van der Waals surface area contributed by atoms with Crippen molar-refractivity contribution >= 4 is 18.1 Å². The van der Waals surface area contributed by atoms with Crippen molar-refractivity contribution in [3.8, 4) is 0 Å². The minimum atomic E-state index is -0.553. The van der Waals surface area contributed by atoms with E-state index in [4.69, 9.17) is 15.2 Å². The molecule has 8 heteroatoms. The van der Waals surface area contributed by atoms with Crippen molar-refractivity contribution in [3.05, 3.63) is 0 Å². The van der Waals surface area contributed by atoms with Crippen LogP contribution in [0, 0.1) is 23.2 Å². The van der Waals surface area contributed by atoms with Gasteiger partial charge in [-0.15, -0.1) is 0 Å². The summed E-state index contributed by atoms with van der Waals surface area (Å²) in [6.45, 7) is 6.43. The highest BCUT2D eigenvalue weighted by molar-refractivity contribution is 5.81. The van der Waals surface area contributed by atoms with Crippen molar-refractivity contribution in [1.29, 1.82) is 0 Å². The fraction of sp³-hybridized carbons (Fsp3) is 0.857. The first-order valence-electron chi connectivity index (χ1n) is 10.8. The van der Waals surface area contributed by atoms with E-state index in [-0.39, 0.29) is 41.4 Å². The maximum absolute atomic E-state index is 12.8. The van der Waals surface area contributed by atoms with Gasteiger partial charge in [0, 0.05) is 13.1 Å². The minimum absolute atomic E-state index is 0.121. The number of ether oxygens (including phenoxy) is 2. The van der Waals surface area contributed by atoms with Gasteiger partial charge in [0.05, 0.1) is 11.5 Å². The number of hydrogen-bond donors (Lipinski definition) is 2. The Bertz CT molecular complexity index is 687. The molecular weight excluding hydrogens is 374 g/mol. The molecule has 4 bridgehead atoms. The molecule has 4 aliphatic carbocycles. The van der Waals surface area contributed by atoms with Crippen LogP contribution in [-0.2, 0) is 14.3 Å². The molecule has 29 heavy (non-hydrogen) atoms. The summed E-state index contributed by atoms with van der Waals surface area (Å²) in [6.07, 6.45) is 4.22. The largest absolute Gasteiger partial charge is 0.446 e. The first-order valence-corrected chi connectivity index (χ1v) is 10.8. The van der Waals surface area contributed by atoms with Crippen molar-refractivity contribution < 1.29 is 23.9 Å². The second-order valence-electron chi connectivity index (χ2n) is 10.5. The average molecular weight is 408 g/mol. The van der Waals surface area contributed by atoms with Gasteiger partial charge in [0.2, 0.25) is 5.91 Å². The van der Waals surface area contributed by atoms with E-state index in [9.17, 15) is 14.4 Å². The van der Waals surface area contributed by atoms with Crippen LogP contribution >= 0.6 is 0 Å². The summed E-state index contributed by atoms with van der Waals surface area (Å²) in [5.74, 6) is 0.813. The third-order valence-corrected chi connectivity index (χ3v) is 7.11.